The van der Waals surface area contributed by atoms with Crippen molar-refractivity contribution in [3.63, 3.8) is 0 Å². The number of benzene rings is 1. The van der Waals surface area contributed by atoms with Gasteiger partial charge in [-0.3, -0.25) is 5.32 Å². The van der Waals surface area contributed by atoms with Gasteiger partial charge in [-0.1, -0.05) is 12.1 Å². The maximum atomic E-state index is 11.9. The lowest BCUT2D eigenvalue weighted by atomic mass is 10.1. The van der Waals surface area contributed by atoms with Crippen LogP contribution in [0.1, 0.15) is 39.3 Å². The second-order valence-corrected chi connectivity index (χ2v) is 5.02. The zero-order valence-corrected chi connectivity index (χ0v) is 12.3. The van der Waals surface area contributed by atoms with Gasteiger partial charge in [0.1, 0.15) is 11.8 Å². The summed E-state index contributed by atoms with van der Waals surface area (Å²) in [7, 11) is 1.39. The molecule has 0 heterocycles. The Kier molecular flexibility index (Phi) is 5.83. The van der Waals surface area contributed by atoms with E-state index < -0.39 is 6.04 Å². The number of carbonyl (C=O) groups excluding carboxylic acids is 1. The van der Waals surface area contributed by atoms with Gasteiger partial charge in [-0.15, -0.1) is 0 Å². The summed E-state index contributed by atoms with van der Waals surface area (Å²) in [6.07, 6.45) is 0.102. The van der Waals surface area contributed by atoms with E-state index in [1.54, 1.807) is 0 Å². The lowest BCUT2D eigenvalue weighted by Crippen LogP contribution is -2.34. The summed E-state index contributed by atoms with van der Waals surface area (Å²) >= 11 is 0. The van der Waals surface area contributed by atoms with E-state index in [-0.39, 0.29) is 18.1 Å². The first-order valence-electron chi connectivity index (χ1n) is 6.54. The number of ether oxygens (including phenoxy) is 2. The van der Waals surface area contributed by atoms with Crippen LogP contribution in [0.4, 0.5) is 0 Å². The average Bonchev–Trinajstić information content (AvgIpc) is 2.34. The van der Waals surface area contributed by atoms with Crippen molar-refractivity contribution in [1.29, 1.82) is 0 Å². The molecule has 0 aliphatic heterocycles. The second-order valence-electron chi connectivity index (χ2n) is 5.02. The third kappa shape index (κ3) is 4.91. The molecule has 0 spiro atoms. The molecule has 0 radical (unpaired) electrons. The number of esters is 1. The van der Waals surface area contributed by atoms with Gasteiger partial charge in [0.15, 0.2) is 0 Å². The Balaban J connectivity index is 2.98. The first kappa shape index (κ1) is 15.5. The predicted molar refractivity (Wildman–Crippen MR) is 75.2 cm³/mol. The molecule has 0 saturated heterocycles. The number of methoxy groups -OCH3 is 1. The highest BCUT2D eigenvalue weighted by molar-refractivity contribution is 5.77. The van der Waals surface area contributed by atoms with E-state index in [0.717, 1.165) is 11.3 Å². The van der Waals surface area contributed by atoms with Gasteiger partial charge in [-0.25, -0.2) is 4.79 Å². The Morgan fingerprint density at radius 2 is 1.89 bits per heavy atom. The topological polar surface area (TPSA) is 47.6 Å². The molecule has 0 aliphatic rings. The number of carbonyl (C=O) groups is 1. The van der Waals surface area contributed by atoms with Crippen molar-refractivity contribution in [2.75, 3.05) is 7.11 Å². The molecule has 0 aliphatic carbocycles. The molecule has 0 fully saturated rings. The summed E-state index contributed by atoms with van der Waals surface area (Å²) in [6.45, 7) is 7.92. The van der Waals surface area contributed by atoms with Crippen molar-refractivity contribution in [2.24, 2.45) is 0 Å². The van der Waals surface area contributed by atoms with Crippen LogP contribution >= 0.6 is 0 Å². The summed E-state index contributed by atoms with van der Waals surface area (Å²) in [5.41, 5.74) is 0.846. The Morgan fingerprint density at radius 1 is 1.21 bits per heavy atom. The van der Waals surface area contributed by atoms with Gasteiger partial charge in [0, 0.05) is 6.04 Å². The minimum absolute atomic E-state index is 0.102. The van der Waals surface area contributed by atoms with Crippen LogP contribution in [-0.4, -0.2) is 25.2 Å². The van der Waals surface area contributed by atoms with E-state index in [9.17, 15) is 4.79 Å². The zero-order valence-electron chi connectivity index (χ0n) is 12.3. The molecular weight excluding hydrogens is 242 g/mol. The van der Waals surface area contributed by atoms with Crippen molar-refractivity contribution in [3.05, 3.63) is 29.8 Å². The Bertz CT molecular complexity index is 416. The SMILES string of the molecule is COC(=O)C(NC(C)C)c1cccc(OC(C)C)c1. The van der Waals surface area contributed by atoms with Crippen LogP contribution in [0.3, 0.4) is 0 Å². The molecular formula is C15H23NO3. The normalized spacial score (nSPS) is 12.6. The van der Waals surface area contributed by atoms with Crippen molar-refractivity contribution < 1.29 is 14.3 Å². The molecule has 0 aromatic heterocycles. The average molecular weight is 265 g/mol. The van der Waals surface area contributed by atoms with Crippen LogP contribution in [0, 0.1) is 0 Å². The Labute approximate surface area is 115 Å². The van der Waals surface area contributed by atoms with Gasteiger partial charge in [-0.2, -0.15) is 0 Å². The highest BCUT2D eigenvalue weighted by Crippen LogP contribution is 2.21. The second kappa shape index (κ2) is 7.14. The molecule has 1 rings (SSSR count). The monoisotopic (exact) mass is 265 g/mol. The van der Waals surface area contributed by atoms with Crippen molar-refractivity contribution in [1.82, 2.24) is 5.32 Å². The van der Waals surface area contributed by atoms with E-state index in [0.29, 0.717) is 0 Å². The minimum atomic E-state index is -0.472. The van der Waals surface area contributed by atoms with Gasteiger partial charge >= 0.3 is 5.97 Å². The summed E-state index contributed by atoms with van der Waals surface area (Å²) in [5.74, 6) is 0.461. The number of hydrogen-bond acceptors (Lipinski definition) is 4. The smallest absolute Gasteiger partial charge is 0.327 e. The maximum Gasteiger partial charge on any atom is 0.327 e. The first-order valence-corrected chi connectivity index (χ1v) is 6.54. The van der Waals surface area contributed by atoms with E-state index in [4.69, 9.17) is 9.47 Å². The molecule has 106 valence electrons. The number of rotatable bonds is 6. The van der Waals surface area contributed by atoms with Crippen molar-refractivity contribution in [2.45, 2.75) is 45.9 Å². The molecule has 0 saturated carbocycles. The highest BCUT2D eigenvalue weighted by Gasteiger charge is 2.22. The fourth-order valence-electron chi connectivity index (χ4n) is 1.79. The van der Waals surface area contributed by atoms with Gasteiger partial charge in [-0.05, 0) is 45.4 Å². The maximum absolute atomic E-state index is 11.9. The molecule has 4 nitrogen and oxygen atoms in total. The van der Waals surface area contributed by atoms with Crippen LogP contribution in [-0.2, 0) is 9.53 Å². The van der Waals surface area contributed by atoms with Crippen LogP contribution in [0.5, 0.6) is 5.75 Å². The summed E-state index contributed by atoms with van der Waals surface area (Å²) in [6, 6.07) is 7.23. The van der Waals surface area contributed by atoms with Crippen LogP contribution in [0.2, 0.25) is 0 Å². The molecule has 0 amide bonds. The van der Waals surface area contributed by atoms with Crippen LogP contribution in [0.25, 0.3) is 0 Å². The molecule has 1 aromatic carbocycles. The molecule has 0 bridgehead atoms. The first-order chi connectivity index (χ1) is 8.93. The molecule has 1 unspecified atom stereocenters. The molecule has 1 atom stereocenters. The Morgan fingerprint density at radius 3 is 2.42 bits per heavy atom. The highest BCUT2D eigenvalue weighted by atomic mass is 16.5. The standard InChI is InChI=1S/C15H23NO3/c1-10(2)16-14(15(17)18-5)12-7-6-8-13(9-12)19-11(3)4/h6-11,14,16H,1-5H3. The van der Waals surface area contributed by atoms with Crippen molar-refractivity contribution in [3.8, 4) is 5.75 Å². The third-order valence-electron chi connectivity index (χ3n) is 2.50. The quantitative estimate of drug-likeness (QED) is 0.803. The zero-order chi connectivity index (χ0) is 14.4. The van der Waals surface area contributed by atoms with Crippen molar-refractivity contribution >= 4 is 5.97 Å². The summed E-state index contributed by atoms with van der Waals surface area (Å²) in [5, 5.41) is 3.20. The summed E-state index contributed by atoms with van der Waals surface area (Å²) < 4.78 is 10.5. The third-order valence-corrected chi connectivity index (χ3v) is 2.50. The van der Waals surface area contributed by atoms with Crippen LogP contribution in [0.15, 0.2) is 24.3 Å². The van der Waals surface area contributed by atoms with Crippen LogP contribution < -0.4 is 10.1 Å². The van der Waals surface area contributed by atoms with E-state index >= 15 is 0 Å². The molecule has 19 heavy (non-hydrogen) atoms. The van der Waals surface area contributed by atoms with Gasteiger partial charge < -0.3 is 9.47 Å². The van der Waals surface area contributed by atoms with Gasteiger partial charge in [0.2, 0.25) is 0 Å². The lowest BCUT2D eigenvalue weighted by molar-refractivity contribution is -0.143. The summed E-state index contributed by atoms with van der Waals surface area (Å²) in [4.78, 5) is 11.9. The molecule has 4 heteroatoms. The van der Waals surface area contributed by atoms with Gasteiger partial charge in [0.05, 0.1) is 13.2 Å². The van der Waals surface area contributed by atoms with Gasteiger partial charge in [0.25, 0.3) is 0 Å². The number of nitrogens with one attached hydrogen (secondary N) is 1. The Hall–Kier alpha value is -1.55. The number of hydrogen-bond donors (Lipinski definition) is 1. The van der Waals surface area contributed by atoms with E-state index in [1.807, 2.05) is 52.0 Å². The minimum Gasteiger partial charge on any atom is -0.491 e. The van der Waals surface area contributed by atoms with E-state index in [1.165, 1.54) is 7.11 Å². The lowest BCUT2D eigenvalue weighted by Gasteiger charge is -2.20. The van der Waals surface area contributed by atoms with E-state index in [2.05, 4.69) is 5.32 Å². The largest absolute Gasteiger partial charge is 0.491 e. The predicted octanol–water partition coefficient (Wildman–Crippen LogP) is 2.69. The molecule has 1 aromatic rings. The fourth-order valence-corrected chi connectivity index (χ4v) is 1.79. The fraction of sp³-hybridized carbons (Fsp3) is 0.533. The molecule has 1 N–H and O–H groups in total.